The fourth-order valence-electron chi connectivity index (χ4n) is 2.41. The lowest BCUT2D eigenvalue weighted by Crippen LogP contribution is -2.16. The van der Waals surface area contributed by atoms with E-state index < -0.39 is 6.36 Å². The van der Waals surface area contributed by atoms with Gasteiger partial charge in [-0.1, -0.05) is 30.9 Å². The quantitative estimate of drug-likeness (QED) is 0.715. The average molecular weight is 406 g/mol. The number of nitrogens with one attached hydrogen (secondary N) is 1. The molecule has 1 aromatic carbocycles. The molecule has 0 saturated carbocycles. The summed E-state index contributed by atoms with van der Waals surface area (Å²) in [6, 6.07) is 5.52. The fourth-order valence-corrected chi connectivity index (χ4v) is 2.41. The predicted octanol–water partition coefficient (Wildman–Crippen LogP) is 4.50. The molecule has 0 bridgehead atoms. The van der Waals surface area contributed by atoms with E-state index in [9.17, 15) is 13.2 Å². The second-order valence-corrected chi connectivity index (χ2v) is 5.86. The molecule has 0 fully saturated rings. The number of alkyl halides is 3. The van der Waals surface area contributed by atoms with Crippen LogP contribution in [-0.4, -0.2) is 27.7 Å². The number of H-pyrrole nitrogens is 1. The van der Waals surface area contributed by atoms with Gasteiger partial charge >= 0.3 is 6.36 Å². The minimum Gasteiger partial charge on any atom is -0.472 e. The Bertz CT molecular complexity index is 917. The van der Waals surface area contributed by atoms with E-state index in [0.717, 1.165) is 0 Å². The molecule has 0 saturated heterocycles. The molecule has 29 heavy (non-hydrogen) atoms. The van der Waals surface area contributed by atoms with Gasteiger partial charge in [0.1, 0.15) is 23.8 Å². The van der Waals surface area contributed by atoms with Crippen LogP contribution in [0.15, 0.2) is 66.2 Å². The summed E-state index contributed by atoms with van der Waals surface area (Å²) < 4.78 is 46.1. The fraction of sp³-hybridized carbons (Fsp3) is 0.211. The van der Waals surface area contributed by atoms with Gasteiger partial charge in [-0.05, 0) is 34.5 Å². The van der Waals surface area contributed by atoms with Gasteiger partial charge in [0, 0.05) is 12.8 Å². The molecule has 10 heteroatoms. The minimum atomic E-state index is -4.72. The van der Waals surface area contributed by atoms with Gasteiger partial charge in [0.15, 0.2) is 0 Å². The van der Waals surface area contributed by atoms with Gasteiger partial charge in [0.05, 0.1) is 6.20 Å². The standard InChI is InChI=1S/C19H17F3N4O3/c1-2-13(14-4-6-16(7-5-14)28-19(20,21)22)3-8-17-9-10-18(25-29-17)27-12-15-11-23-26-24-15/h2-8,11H,1,9-10,12H2,(H,23,24,26)/b13-3+,17-8+. The summed E-state index contributed by atoms with van der Waals surface area (Å²) in [5.41, 5.74) is 2.04. The lowest BCUT2D eigenvalue weighted by Gasteiger charge is -2.14. The molecule has 0 radical (unpaired) electrons. The van der Waals surface area contributed by atoms with E-state index in [0.29, 0.717) is 41.3 Å². The van der Waals surface area contributed by atoms with Crippen molar-refractivity contribution in [2.75, 3.05) is 0 Å². The molecular formula is C19H17F3N4O3. The van der Waals surface area contributed by atoms with Gasteiger partial charge in [-0.3, -0.25) is 0 Å². The Balaban J connectivity index is 1.60. The summed E-state index contributed by atoms with van der Waals surface area (Å²) >= 11 is 0. The third kappa shape index (κ3) is 6.23. The molecule has 1 aliphatic heterocycles. The monoisotopic (exact) mass is 406 g/mol. The first-order valence-corrected chi connectivity index (χ1v) is 8.54. The first-order chi connectivity index (χ1) is 13.9. The van der Waals surface area contributed by atoms with Crippen molar-refractivity contribution in [2.45, 2.75) is 25.8 Å². The second kappa shape index (κ2) is 9.09. The van der Waals surface area contributed by atoms with Crippen molar-refractivity contribution in [1.29, 1.82) is 0 Å². The summed E-state index contributed by atoms with van der Waals surface area (Å²) in [7, 11) is 0. The number of allylic oxidation sites excluding steroid dienone is 5. The van der Waals surface area contributed by atoms with Crippen LogP contribution in [0, 0.1) is 0 Å². The van der Waals surface area contributed by atoms with Crippen molar-refractivity contribution in [2.24, 2.45) is 5.16 Å². The predicted molar refractivity (Wildman–Crippen MR) is 98.3 cm³/mol. The number of hydrogen-bond acceptors (Lipinski definition) is 6. The summed E-state index contributed by atoms with van der Waals surface area (Å²) in [5, 5.41) is 14.0. The molecule has 2 aromatic rings. The van der Waals surface area contributed by atoms with Crippen molar-refractivity contribution in [3.63, 3.8) is 0 Å². The molecule has 2 heterocycles. The third-order valence-electron chi connectivity index (χ3n) is 3.79. The van der Waals surface area contributed by atoms with E-state index in [2.05, 4.69) is 31.9 Å². The van der Waals surface area contributed by atoms with Gasteiger partial charge in [-0.15, -0.1) is 13.2 Å². The van der Waals surface area contributed by atoms with E-state index in [1.54, 1.807) is 24.4 Å². The van der Waals surface area contributed by atoms with E-state index in [4.69, 9.17) is 9.57 Å². The normalized spacial score (nSPS) is 16.2. The van der Waals surface area contributed by atoms with E-state index in [1.807, 2.05) is 0 Å². The SMILES string of the molecule is C=C/C(=C\C=C1/CCC(OCc2cn[nH]n2)=NO1)c1ccc(OC(F)(F)F)cc1. The lowest BCUT2D eigenvalue weighted by atomic mass is 10.0. The summed E-state index contributed by atoms with van der Waals surface area (Å²) in [6.45, 7) is 3.98. The first-order valence-electron chi connectivity index (χ1n) is 8.54. The maximum absolute atomic E-state index is 12.2. The van der Waals surface area contributed by atoms with Gasteiger partial charge in [0.2, 0.25) is 5.90 Å². The van der Waals surface area contributed by atoms with Crippen LogP contribution >= 0.6 is 0 Å². The van der Waals surface area contributed by atoms with Crippen LogP contribution < -0.4 is 4.74 Å². The van der Waals surface area contributed by atoms with Gasteiger partial charge in [0.25, 0.3) is 0 Å². The largest absolute Gasteiger partial charge is 0.573 e. The molecule has 152 valence electrons. The van der Waals surface area contributed by atoms with Gasteiger partial charge in [-0.2, -0.15) is 15.4 Å². The number of rotatable bonds is 6. The van der Waals surface area contributed by atoms with Crippen molar-refractivity contribution in [3.8, 4) is 5.75 Å². The Hall–Kier alpha value is -3.56. The Morgan fingerprint density at radius 2 is 2.03 bits per heavy atom. The topological polar surface area (TPSA) is 81.6 Å². The maximum Gasteiger partial charge on any atom is 0.573 e. The number of ether oxygens (including phenoxy) is 2. The van der Waals surface area contributed by atoms with E-state index >= 15 is 0 Å². The number of aromatic amines is 1. The van der Waals surface area contributed by atoms with Gasteiger partial charge < -0.3 is 14.3 Å². The van der Waals surface area contributed by atoms with E-state index in [-0.39, 0.29) is 12.4 Å². The molecule has 0 aliphatic carbocycles. The second-order valence-electron chi connectivity index (χ2n) is 5.86. The molecular weight excluding hydrogens is 389 g/mol. The third-order valence-corrected chi connectivity index (χ3v) is 3.79. The summed E-state index contributed by atoms with van der Waals surface area (Å²) in [6.07, 6.45) is 3.04. The van der Waals surface area contributed by atoms with Crippen LogP contribution in [0.2, 0.25) is 0 Å². The zero-order valence-corrected chi connectivity index (χ0v) is 15.1. The molecule has 3 rings (SSSR count). The molecule has 0 amide bonds. The number of oxime groups is 1. The molecule has 0 unspecified atom stereocenters. The molecule has 0 spiro atoms. The number of hydrogen-bond donors (Lipinski definition) is 1. The van der Waals surface area contributed by atoms with Crippen molar-refractivity contribution in [3.05, 3.63) is 72.3 Å². The maximum atomic E-state index is 12.2. The van der Waals surface area contributed by atoms with Crippen LogP contribution in [0.4, 0.5) is 13.2 Å². The van der Waals surface area contributed by atoms with Crippen LogP contribution in [0.5, 0.6) is 5.75 Å². The summed E-state index contributed by atoms with van der Waals surface area (Å²) in [4.78, 5) is 5.32. The first kappa shape index (κ1) is 20.2. The smallest absolute Gasteiger partial charge is 0.472 e. The zero-order chi connectivity index (χ0) is 20.7. The van der Waals surface area contributed by atoms with Crippen molar-refractivity contribution >= 4 is 11.5 Å². The Kier molecular flexibility index (Phi) is 6.32. The summed E-state index contributed by atoms with van der Waals surface area (Å²) in [5.74, 6) is 0.791. The number of aromatic nitrogens is 3. The van der Waals surface area contributed by atoms with Crippen LogP contribution in [0.3, 0.4) is 0 Å². The van der Waals surface area contributed by atoms with Crippen LogP contribution in [-0.2, 0) is 16.2 Å². The molecule has 1 aromatic heterocycles. The van der Waals surface area contributed by atoms with Crippen molar-refractivity contribution < 1.29 is 27.5 Å². The highest BCUT2D eigenvalue weighted by atomic mass is 19.4. The highest BCUT2D eigenvalue weighted by Gasteiger charge is 2.30. The average Bonchev–Trinajstić information content (AvgIpc) is 3.21. The Morgan fingerprint density at radius 1 is 1.24 bits per heavy atom. The molecule has 1 aliphatic rings. The van der Waals surface area contributed by atoms with Crippen molar-refractivity contribution in [1.82, 2.24) is 15.4 Å². The molecule has 7 nitrogen and oxygen atoms in total. The number of benzene rings is 1. The van der Waals surface area contributed by atoms with Gasteiger partial charge in [-0.25, -0.2) is 0 Å². The Labute approximate surface area is 164 Å². The molecule has 0 atom stereocenters. The Morgan fingerprint density at radius 3 is 2.62 bits per heavy atom. The van der Waals surface area contributed by atoms with Crippen LogP contribution in [0.25, 0.3) is 5.57 Å². The lowest BCUT2D eigenvalue weighted by molar-refractivity contribution is -0.274. The number of nitrogens with zero attached hydrogens (tertiary/aromatic N) is 3. The van der Waals surface area contributed by atoms with Crippen LogP contribution in [0.1, 0.15) is 24.1 Å². The zero-order valence-electron chi connectivity index (χ0n) is 15.1. The minimum absolute atomic E-state index is 0.242. The highest BCUT2D eigenvalue weighted by Crippen LogP contribution is 2.25. The van der Waals surface area contributed by atoms with E-state index in [1.165, 1.54) is 24.3 Å². The number of halogens is 3. The highest BCUT2D eigenvalue weighted by molar-refractivity contribution is 5.77. The molecule has 1 N–H and O–H groups in total.